The number of benzene rings is 1. The van der Waals surface area contributed by atoms with Crippen molar-refractivity contribution in [1.82, 2.24) is 9.55 Å². The maximum Gasteiger partial charge on any atom is 0.335 e. The lowest BCUT2D eigenvalue weighted by atomic mass is 10.0. The second-order valence-electron chi connectivity index (χ2n) is 4.76. The summed E-state index contributed by atoms with van der Waals surface area (Å²) in [5, 5.41) is 9.00. The van der Waals surface area contributed by atoms with Crippen molar-refractivity contribution in [2.45, 2.75) is 12.5 Å². The van der Waals surface area contributed by atoms with Crippen LogP contribution in [0.3, 0.4) is 0 Å². The summed E-state index contributed by atoms with van der Waals surface area (Å²) in [6.07, 6.45) is -1.02. The van der Waals surface area contributed by atoms with E-state index in [1.165, 1.54) is 18.5 Å². The molecule has 2 heterocycles. The van der Waals surface area contributed by atoms with Crippen LogP contribution in [0.2, 0.25) is 0 Å². The van der Waals surface area contributed by atoms with Gasteiger partial charge < -0.3 is 14.4 Å². The van der Waals surface area contributed by atoms with E-state index in [0.717, 1.165) is 0 Å². The molecule has 0 saturated carbocycles. The van der Waals surface area contributed by atoms with Crippen molar-refractivity contribution < 1.29 is 23.4 Å². The molecule has 1 N–H and O–H groups in total. The third-order valence-electron chi connectivity index (χ3n) is 3.60. The van der Waals surface area contributed by atoms with Gasteiger partial charge in [-0.3, -0.25) is 0 Å². The van der Waals surface area contributed by atoms with Crippen LogP contribution in [0.5, 0.6) is 0 Å². The number of carboxylic acids is 1. The van der Waals surface area contributed by atoms with Crippen molar-refractivity contribution in [3.8, 4) is 0 Å². The zero-order valence-corrected chi connectivity index (χ0v) is 10.4. The fourth-order valence-electron chi connectivity index (χ4n) is 2.51. The van der Waals surface area contributed by atoms with Crippen molar-refractivity contribution in [3.63, 3.8) is 0 Å². The van der Waals surface area contributed by atoms with E-state index in [0.29, 0.717) is 11.0 Å². The molecule has 3 rings (SSSR count). The molecule has 0 aliphatic carbocycles. The number of hydrogen-bond donors (Lipinski definition) is 1. The number of carboxylic acid groups (broad SMARTS) is 1. The van der Waals surface area contributed by atoms with Gasteiger partial charge in [0.1, 0.15) is 0 Å². The minimum absolute atomic E-state index is 0.000623. The van der Waals surface area contributed by atoms with Crippen LogP contribution in [0.15, 0.2) is 24.5 Å². The fourth-order valence-corrected chi connectivity index (χ4v) is 2.51. The molecule has 0 spiro atoms. The Kier molecular flexibility index (Phi) is 3.13. The first-order chi connectivity index (χ1) is 9.58. The van der Waals surface area contributed by atoms with Gasteiger partial charge in [0, 0.05) is 0 Å². The quantitative estimate of drug-likeness (QED) is 0.937. The summed E-state index contributed by atoms with van der Waals surface area (Å²) in [6.45, 7) is 0.179. The highest BCUT2D eigenvalue weighted by Gasteiger charge is 2.37. The minimum Gasteiger partial charge on any atom is -0.478 e. The number of hydrogen-bond acceptors (Lipinski definition) is 3. The van der Waals surface area contributed by atoms with E-state index >= 15 is 0 Å². The number of carbonyl (C=O) groups is 1. The SMILES string of the molecule is O=C(O)c1ccc2ncn([C@@H]3COC[C@H]3C(F)F)c2c1. The molecule has 0 radical (unpaired) electrons. The fraction of sp³-hybridized carbons (Fsp3) is 0.385. The first-order valence-electron chi connectivity index (χ1n) is 6.13. The summed E-state index contributed by atoms with van der Waals surface area (Å²) in [6, 6.07) is 3.94. The molecular formula is C13H12F2N2O3. The van der Waals surface area contributed by atoms with E-state index in [2.05, 4.69) is 4.98 Å². The summed E-state index contributed by atoms with van der Waals surface area (Å²) >= 11 is 0. The molecule has 2 atom stereocenters. The number of alkyl halides is 2. The monoisotopic (exact) mass is 282 g/mol. The second-order valence-corrected chi connectivity index (χ2v) is 4.76. The molecule has 7 heteroatoms. The molecule has 1 aliphatic rings. The third-order valence-corrected chi connectivity index (χ3v) is 3.60. The zero-order chi connectivity index (χ0) is 14.3. The van der Waals surface area contributed by atoms with Gasteiger partial charge in [0.15, 0.2) is 0 Å². The van der Waals surface area contributed by atoms with Crippen LogP contribution in [0.1, 0.15) is 16.4 Å². The normalized spacial score (nSPS) is 22.8. The lowest BCUT2D eigenvalue weighted by Crippen LogP contribution is -2.23. The number of imidazole rings is 1. The highest BCUT2D eigenvalue weighted by Crippen LogP contribution is 2.33. The topological polar surface area (TPSA) is 64.3 Å². The zero-order valence-electron chi connectivity index (χ0n) is 10.4. The molecule has 106 valence electrons. The van der Waals surface area contributed by atoms with Gasteiger partial charge in [-0.2, -0.15) is 0 Å². The Hall–Kier alpha value is -2.02. The lowest BCUT2D eigenvalue weighted by Gasteiger charge is -2.19. The van der Waals surface area contributed by atoms with E-state index in [1.54, 1.807) is 10.6 Å². The van der Waals surface area contributed by atoms with Crippen molar-refractivity contribution >= 4 is 17.0 Å². The number of aromatic carboxylic acids is 1. The summed E-state index contributed by atoms with van der Waals surface area (Å²) in [4.78, 5) is 15.1. The van der Waals surface area contributed by atoms with Crippen LogP contribution in [0, 0.1) is 5.92 Å². The van der Waals surface area contributed by atoms with Crippen molar-refractivity contribution in [3.05, 3.63) is 30.1 Å². The van der Waals surface area contributed by atoms with Crippen molar-refractivity contribution in [2.24, 2.45) is 5.92 Å². The molecule has 2 aromatic rings. The van der Waals surface area contributed by atoms with Crippen molar-refractivity contribution in [1.29, 1.82) is 0 Å². The molecule has 0 amide bonds. The number of halogens is 2. The highest BCUT2D eigenvalue weighted by atomic mass is 19.3. The number of fused-ring (bicyclic) bond motifs is 1. The maximum atomic E-state index is 13.0. The predicted molar refractivity (Wildman–Crippen MR) is 66.0 cm³/mol. The van der Waals surface area contributed by atoms with E-state index in [9.17, 15) is 13.6 Å². The summed E-state index contributed by atoms with van der Waals surface area (Å²) in [5.41, 5.74) is 1.22. The van der Waals surface area contributed by atoms with Gasteiger partial charge in [-0.05, 0) is 18.2 Å². The third kappa shape index (κ3) is 2.03. The Morgan fingerprint density at radius 2 is 2.25 bits per heavy atom. The summed E-state index contributed by atoms with van der Waals surface area (Å²) < 4.78 is 32.7. The highest BCUT2D eigenvalue weighted by molar-refractivity contribution is 5.92. The average Bonchev–Trinajstić information content (AvgIpc) is 3.03. The molecule has 1 aliphatic heterocycles. The van der Waals surface area contributed by atoms with Gasteiger partial charge >= 0.3 is 5.97 Å². The molecule has 20 heavy (non-hydrogen) atoms. The Morgan fingerprint density at radius 3 is 2.95 bits per heavy atom. The molecule has 1 fully saturated rings. The van der Waals surface area contributed by atoms with Crippen LogP contribution < -0.4 is 0 Å². The van der Waals surface area contributed by atoms with Crippen LogP contribution in [-0.4, -0.2) is 40.3 Å². The smallest absolute Gasteiger partial charge is 0.335 e. The standard InChI is InChI=1S/C13H12F2N2O3/c14-12(15)8-4-20-5-11(8)17-6-16-9-2-1-7(13(18)19)3-10(9)17/h1-3,6,8,11-12H,4-5H2,(H,18,19)/t8-,11-/m1/s1. The molecule has 1 saturated heterocycles. The van der Waals surface area contributed by atoms with Gasteiger partial charge in [-0.25, -0.2) is 18.6 Å². The Balaban J connectivity index is 2.07. The molecule has 0 unspecified atom stereocenters. The summed E-state index contributed by atoms with van der Waals surface area (Å²) in [5.74, 6) is -1.96. The Labute approximate surface area is 112 Å². The lowest BCUT2D eigenvalue weighted by molar-refractivity contribution is 0.0558. The van der Waals surface area contributed by atoms with Crippen LogP contribution >= 0.6 is 0 Å². The van der Waals surface area contributed by atoms with E-state index in [-0.39, 0.29) is 18.8 Å². The Bertz CT molecular complexity index is 656. The van der Waals surface area contributed by atoms with Gasteiger partial charge in [0.25, 0.3) is 0 Å². The average molecular weight is 282 g/mol. The van der Waals surface area contributed by atoms with E-state index in [4.69, 9.17) is 9.84 Å². The van der Waals surface area contributed by atoms with Gasteiger partial charge in [-0.1, -0.05) is 0 Å². The summed E-state index contributed by atoms with van der Waals surface area (Å²) in [7, 11) is 0. The van der Waals surface area contributed by atoms with Crippen LogP contribution in [0.4, 0.5) is 8.78 Å². The molecule has 5 nitrogen and oxygen atoms in total. The van der Waals surface area contributed by atoms with Crippen LogP contribution in [0.25, 0.3) is 11.0 Å². The number of ether oxygens (including phenoxy) is 1. The predicted octanol–water partition coefficient (Wildman–Crippen LogP) is 2.19. The van der Waals surface area contributed by atoms with Gasteiger partial charge in [0.2, 0.25) is 6.43 Å². The molecule has 0 bridgehead atoms. The number of rotatable bonds is 3. The minimum atomic E-state index is -2.48. The van der Waals surface area contributed by atoms with Gasteiger partial charge in [-0.15, -0.1) is 0 Å². The number of nitrogens with zero attached hydrogens (tertiary/aromatic N) is 2. The second kappa shape index (κ2) is 4.82. The molecule has 1 aromatic carbocycles. The Morgan fingerprint density at radius 1 is 1.45 bits per heavy atom. The van der Waals surface area contributed by atoms with E-state index in [1.807, 2.05) is 0 Å². The first-order valence-corrected chi connectivity index (χ1v) is 6.13. The first kappa shape index (κ1) is 13.0. The molecular weight excluding hydrogens is 270 g/mol. The van der Waals surface area contributed by atoms with Crippen LogP contribution in [-0.2, 0) is 4.74 Å². The van der Waals surface area contributed by atoms with Gasteiger partial charge in [0.05, 0.1) is 48.1 Å². The van der Waals surface area contributed by atoms with E-state index < -0.39 is 24.4 Å². The maximum absolute atomic E-state index is 13.0. The largest absolute Gasteiger partial charge is 0.478 e. The molecule has 1 aromatic heterocycles. The van der Waals surface area contributed by atoms with Crippen molar-refractivity contribution in [2.75, 3.05) is 13.2 Å². The number of aromatic nitrogens is 2.